The smallest absolute Gasteiger partial charge is 0.260 e. The molecule has 0 radical (unpaired) electrons. The monoisotopic (exact) mass is 610 g/mol. The molecule has 9 heteroatoms. The number of fused-ring (bicyclic) bond motifs is 2. The zero-order valence-corrected chi connectivity index (χ0v) is 25.1. The predicted octanol–water partition coefficient (Wildman–Crippen LogP) is 7.58. The summed E-state index contributed by atoms with van der Waals surface area (Å²) in [6.45, 7) is 2.70. The van der Waals surface area contributed by atoms with Crippen LogP contribution in [0.2, 0.25) is 10.0 Å². The summed E-state index contributed by atoms with van der Waals surface area (Å²) >= 11 is 12.8. The van der Waals surface area contributed by atoms with Crippen LogP contribution in [0.1, 0.15) is 42.3 Å². The van der Waals surface area contributed by atoms with E-state index in [9.17, 15) is 4.79 Å². The van der Waals surface area contributed by atoms with E-state index >= 15 is 0 Å². The average Bonchev–Trinajstić information content (AvgIpc) is 3.31. The van der Waals surface area contributed by atoms with Gasteiger partial charge in [-0.1, -0.05) is 66.0 Å². The second-order valence-electron chi connectivity index (χ2n) is 11.4. The summed E-state index contributed by atoms with van der Waals surface area (Å²) in [4.78, 5) is 23.8. The zero-order chi connectivity index (χ0) is 29.3. The number of rotatable bonds is 5. The fourth-order valence-corrected chi connectivity index (χ4v) is 6.81. The van der Waals surface area contributed by atoms with Gasteiger partial charge in [0.15, 0.2) is 0 Å². The van der Waals surface area contributed by atoms with Crippen LogP contribution in [0.25, 0.3) is 22.2 Å². The molecule has 0 aliphatic carbocycles. The first kappa shape index (κ1) is 27.9. The molecule has 218 valence electrons. The topological polar surface area (TPSA) is 83.9 Å². The number of nitrogens with zero attached hydrogens (tertiary/aromatic N) is 3. The Labute approximate surface area is 260 Å². The summed E-state index contributed by atoms with van der Waals surface area (Å²) in [5, 5.41) is 12.1. The average molecular weight is 612 g/mol. The van der Waals surface area contributed by atoms with Crippen LogP contribution in [-0.4, -0.2) is 34.2 Å². The van der Waals surface area contributed by atoms with Gasteiger partial charge in [0.05, 0.1) is 11.1 Å². The van der Waals surface area contributed by atoms with Crippen molar-refractivity contribution in [3.63, 3.8) is 0 Å². The third-order valence-electron chi connectivity index (χ3n) is 8.55. The molecule has 2 aliphatic heterocycles. The van der Waals surface area contributed by atoms with Crippen molar-refractivity contribution in [1.82, 2.24) is 19.9 Å². The summed E-state index contributed by atoms with van der Waals surface area (Å²) < 4.78 is 1.80. The Bertz CT molecular complexity index is 1850. The van der Waals surface area contributed by atoms with Gasteiger partial charge in [-0.3, -0.25) is 9.36 Å². The van der Waals surface area contributed by atoms with Gasteiger partial charge in [0.2, 0.25) is 5.95 Å². The molecular weight excluding hydrogens is 579 g/mol. The Morgan fingerprint density at radius 3 is 2.65 bits per heavy atom. The maximum absolute atomic E-state index is 14.3. The van der Waals surface area contributed by atoms with Crippen LogP contribution in [0, 0.1) is 0 Å². The Morgan fingerprint density at radius 1 is 0.930 bits per heavy atom. The number of para-hydroxylation sites is 1. The standard InChI is InChI=1S/C34H32Cl2N6O/c35-25-10-13-28(30(36)17-25)29-16-24-19-39-34(40-26-11-8-21(9-12-26)23-6-3-4-14-37-18-23)41-32(24)42(33(29)43)27-15-22-5-1-2-7-31(22)38-20-27/h1-2,5,7-13,16-17,19,23,27,37-38H,3-4,6,14-15,18,20H2,(H,39,40,41). The van der Waals surface area contributed by atoms with E-state index in [1.165, 1.54) is 24.8 Å². The molecule has 3 N–H and O–H groups in total. The van der Waals surface area contributed by atoms with Gasteiger partial charge in [-0.2, -0.15) is 4.98 Å². The van der Waals surface area contributed by atoms with Gasteiger partial charge in [0.25, 0.3) is 5.56 Å². The van der Waals surface area contributed by atoms with Crippen molar-refractivity contribution in [1.29, 1.82) is 0 Å². The fourth-order valence-electron chi connectivity index (χ4n) is 6.30. The highest BCUT2D eigenvalue weighted by Crippen LogP contribution is 2.33. The molecule has 7 nitrogen and oxygen atoms in total. The number of halogens is 2. The van der Waals surface area contributed by atoms with Crippen LogP contribution in [-0.2, 0) is 6.42 Å². The fraction of sp³-hybridized carbons (Fsp3) is 0.265. The van der Waals surface area contributed by atoms with E-state index in [1.807, 2.05) is 18.2 Å². The third-order valence-corrected chi connectivity index (χ3v) is 9.09. The quantitative estimate of drug-likeness (QED) is 0.190. The molecule has 0 saturated carbocycles. The van der Waals surface area contributed by atoms with Crippen molar-refractivity contribution in [2.75, 3.05) is 30.3 Å². The number of hydrogen-bond acceptors (Lipinski definition) is 6. The third kappa shape index (κ3) is 5.73. The molecule has 2 aromatic heterocycles. The highest BCUT2D eigenvalue weighted by molar-refractivity contribution is 6.36. The predicted molar refractivity (Wildman–Crippen MR) is 176 cm³/mol. The van der Waals surface area contributed by atoms with Crippen LogP contribution >= 0.6 is 23.2 Å². The zero-order valence-electron chi connectivity index (χ0n) is 23.6. The van der Waals surface area contributed by atoms with E-state index in [0.717, 1.165) is 35.4 Å². The maximum atomic E-state index is 14.3. The van der Waals surface area contributed by atoms with E-state index in [2.05, 4.69) is 57.3 Å². The first-order valence-corrected chi connectivity index (χ1v) is 15.6. The van der Waals surface area contributed by atoms with Gasteiger partial charge in [-0.15, -0.1) is 0 Å². The van der Waals surface area contributed by atoms with E-state index in [-0.39, 0.29) is 11.6 Å². The van der Waals surface area contributed by atoms with Gasteiger partial charge in [-0.25, -0.2) is 4.98 Å². The molecule has 1 saturated heterocycles. The van der Waals surface area contributed by atoms with Crippen molar-refractivity contribution in [3.8, 4) is 11.1 Å². The second-order valence-corrected chi connectivity index (χ2v) is 12.2. The minimum Gasteiger partial charge on any atom is -0.383 e. The molecule has 5 aromatic rings. The molecule has 2 unspecified atom stereocenters. The van der Waals surface area contributed by atoms with Gasteiger partial charge in [-0.05, 0) is 79.3 Å². The van der Waals surface area contributed by atoms with Gasteiger partial charge in [0, 0.05) is 52.2 Å². The molecule has 3 aromatic carbocycles. The normalized spacial score (nSPS) is 18.5. The lowest BCUT2D eigenvalue weighted by Crippen LogP contribution is -2.34. The number of anilines is 3. The Morgan fingerprint density at radius 2 is 1.79 bits per heavy atom. The summed E-state index contributed by atoms with van der Waals surface area (Å²) in [6, 6.07) is 23.6. The number of benzene rings is 3. The van der Waals surface area contributed by atoms with E-state index < -0.39 is 0 Å². The van der Waals surface area contributed by atoms with Gasteiger partial charge >= 0.3 is 0 Å². The maximum Gasteiger partial charge on any atom is 0.260 e. The molecule has 0 bridgehead atoms. The van der Waals surface area contributed by atoms with Crippen LogP contribution < -0.4 is 21.5 Å². The molecule has 2 aliphatic rings. The Balaban J connectivity index is 1.28. The molecule has 0 spiro atoms. The van der Waals surface area contributed by atoms with Crippen LogP contribution in [0.15, 0.2) is 83.8 Å². The summed E-state index contributed by atoms with van der Waals surface area (Å²) in [6.07, 6.45) is 6.15. The number of pyridine rings is 1. The van der Waals surface area contributed by atoms with Crippen molar-refractivity contribution in [2.24, 2.45) is 0 Å². The lowest BCUT2D eigenvalue weighted by molar-refractivity contribution is 0.508. The van der Waals surface area contributed by atoms with Crippen molar-refractivity contribution in [2.45, 2.75) is 37.6 Å². The number of nitrogens with one attached hydrogen (secondary N) is 3. The molecule has 43 heavy (non-hydrogen) atoms. The highest BCUT2D eigenvalue weighted by atomic mass is 35.5. The summed E-state index contributed by atoms with van der Waals surface area (Å²) in [5.74, 6) is 0.964. The summed E-state index contributed by atoms with van der Waals surface area (Å²) in [7, 11) is 0. The molecule has 2 atom stereocenters. The van der Waals surface area contributed by atoms with Crippen molar-refractivity contribution < 1.29 is 0 Å². The van der Waals surface area contributed by atoms with Crippen molar-refractivity contribution in [3.05, 3.63) is 111 Å². The molecule has 4 heterocycles. The van der Waals surface area contributed by atoms with Crippen molar-refractivity contribution >= 4 is 51.6 Å². The first-order valence-electron chi connectivity index (χ1n) is 14.8. The van der Waals surface area contributed by atoms with Gasteiger partial charge in [0.1, 0.15) is 5.65 Å². The van der Waals surface area contributed by atoms with E-state index in [0.29, 0.717) is 51.7 Å². The SMILES string of the molecule is O=c1c(-c2ccc(Cl)cc2Cl)cc2cnc(Nc3ccc(C4CCCCNC4)cc3)nc2n1C1CNc2ccccc2C1. The lowest BCUT2D eigenvalue weighted by atomic mass is 9.94. The first-order chi connectivity index (χ1) is 21.0. The molecule has 1 fully saturated rings. The lowest BCUT2D eigenvalue weighted by Gasteiger charge is -2.29. The largest absolute Gasteiger partial charge is 0.383 e. The van der Waals surface area contributed by atoms with E-state index in [4.69, 9.17) is 28.2 Å². The molecular formula is C34H32Cl2N6O. The Hall–Kier alpha value is -3.91. The van der Waals surface area contributed by atoms with E-state index in [1.54, 1.807) is 29.0 Å². The Kier molecular flexibility index (Phi) is 7.78. The number of aromatic nitrogens is 3. The van der Waals surface area contributed by atoms with Crippen LogP contribution in [0.3, 0.4) is 0 Å². The highest BCUT2D eigenvalue weighted by Gasteiger charge is 2.25. The minimum absolute atomic E-state index is 0.158. The molecule has 7 rings (SSSR count). The van der Waals surface area contributed by atoms with Gasteiger partial charge < -0.3 is 16.0 Å². The number of hydrogen-bond donors (Lipinski definition) is 3. The second kappa shape index (κ2) is 12.0. The van der Waals surface area contributed by atoms with Crippen LogP contribution in [0.5, 0.6) is 0 Å². The summed E-state index contributed by atoms with van der Waals surface area (Å²) in [5.41, 5.74) is 6.02. The minimum atomic E-state index is -0.161. The van der Waals surface area contributed by atoms with Crippen LogP contribution in [0.4, 0.5) is 17.3 Å². The molecule has 0 amide bonds.